The molecule has 0 heterocycles. The minimum absolute atomic E-state index is 0.110. The fourth-order valence-electron chi connectivity index (χ4n) is 14.5. The van der Waals surface area contributed by atoms with Crippen molar-refractivity contribution in [2.24, 2.45) is 5.92 Å². The van der Waals surface area contributed by atoms with Gasteiger partial charge in [-0.3, -0.25) is 37.3 Å². The van der Waals surface area contributed by atoms with E-state index in [-0.39, 0.29) is 25.7 Å². The lowest BCUT2D eigenvalue weighted by Gasteiger charge is -2.21. The number of rotatable bonds is 92. The zero-order valence-corrected chi connectivity index (χ0v) is 74.9. The zero-order valence-electron chi connectivity index (χ0n) is 73.1. The zero-order chi connectivity index (χ0) is 81.1. The van der Waals surface area contributed by atoms with Crippen molar-refractivity contribution in [3.8, 4) is 0 Å². The standard InChI is InChI=1S/C92H180O17P2/c1-6-9-12-15-18-21-24-27-29-31-33-34-35-36-38-42-48-53-58-63-68-73-78-92(97)109-88(82-103-90(95)76-71-66-61-56-51-46-43-39-40-45-49-54-59-64-69-74-85(4)5)84-107-111(100,101)105-80-86(93)79-104-110(98,99)106-83-87(81-102-89(94)75-70-65-60-55-50-44-26-23-20-17-14-11-8-3)108-91(96)77-72-67-62-57-52-47-41-37-32-30-28-25-22-19-16-13-10-7-2/h85-88,93H,6-84H2,1-5H3,(H,98,99)(H,100,101)/t86-,87+,88+/m0/s1. The van der Waals surface area contributed by atoms with E-state index in [4.69, 9.17) is 37.0 Å². The van der Waals surface area contributed by atoms with Gasteiger partial charge in [0.15, 0.2) is 12.2 Å². The summed E-state index contributed by atoms with van der Waals surface area (Å²) >= 11 is 0. The monoisotopic (exact) mass is 1620 g/mol. The van der Waals surface area contributed by atoms with E-state index in [9.17, 15) is 43.2 Å². The minimum atomic E-state index is -4.97. The first-order chi connectivity index (χ1) is 54.0. The summed E-state index contributed by atoms with van der Waals surface area (Å²) in [6.45, 7) is 7.44. The molecule has 0 saturated heterocycles. The van der Waals surface area contributed by atoms with Crippen molar-refractivity contribution in [2.75, 3.05) is 39.6 Å². The average molecular weight is 1620 g/mol. The maximum Gasteiger partial charge on any atom is 0.472 e. The molecule has 0 bridgehead atoms. The Kier molecular flexibility index (Phi) is 83.0. The number of ether oxygens (including phenoxy) is 4. The van der Waals surface area contributed by atoms with Gasteiger partial charge in [-0.25, -0.2) is 9.13 Å². The Morgan fingerprint density at radius 3 is 0.613 bits per heavy atom. The molecule has 3 N–H and O–H groups in total. The van der Waals surface area contributed by atoms with Gasteiger partial charge < -0.3 is 33.8 Å². The molecule has 0 fully saturated rings. The number of aliphatic hydroxyl groups excluding tert-OH is 1. The molecular formula is C92H180O17P2. The molecule has 0 aromatic rings. The Hall–Kier alpha value is -1.94. The molecule has 0 rings (SSSR count). The maximum atomic E-state index is 13.2. The molecule has 0 aliphatic rings. The third-order valence-corrected chi connectivity index (χ3v) is 23.7. The highest BCUT2D eigenvalue weighted by molar-refractivity contribution is 7.47. The molecule has 0 aliphatic carbocycles. The SMILES string of the molecule is CCCCCCCCCCCCCCCCCCCCCCCCC(=O)O[C@H](COC(=O)CCCCCCCCCCCCCCCCCC(C)C)COP(=O)(O)OC[C@@H](O)COP(=O)(O)OC[C@@H](COC(=O)CCCCCCCCCCCCCCC)OC(=O)CCCCCCCCCCCCCCCCCCCC. The topological polar surface area (TPSA) is 237 Å². The molecule has 660 valence electrons. The fraction of sp³-hybridized carbons (Fsp3) is 0.957. The van der Waals surface area contributed by atoms with E-state index >= 15 is 0 Å². The largest absolute Gasteiger partial charge is 0.472 e. The summed E-state index contributed by atoms with van der Waals surface area (Å²) in [6, 6.07) is 0. The maximum absolute atomic E-state index is 13.2. The summed E-state index contributed by atoms with van der Waals surface area (Å²) in [7, 11) is -9.94. The van der Waals surface area contributed by atoms with Crippen molar-refractivity contribution in [3.05, 3.63) is 0 Å². The van der Waals surface area contributed by atoms with Crippen molar-refractivity contribution in [1.82, 2.24) is 0 Å². The van der Waals surface area contributed by atoms with Crippen LogP contribution in [0.1, 0.15) is 503 Å². The normalized spacial score (nSPS) is 13.7. The molecule has 111 heavy (non-hydrogen) atoms. The van der Waals surface area contributed by atoms with Crippen LogP contribution in [-0.2, 0) is 65.4 Å². The quantitative estimate of drug-likeness (QED) is 0.0222. The third kappa shape index (κ3) is 85.8. The van der Waals surface area contributed by atoms with E-state index < -0.39 is 97.5 Å². The van der Waals surface area contributed by atoms with Gasteiger partial charge in [0.05, 0.1) is 26.4 Å². The van der Waals surface area contributed by atoms with E-state index in [0.717, 1.165) is 95.8 Å². The van der Waals surface area contributed by atoms with Gasteiger partial charge in [-0.2, -0.15) is 0 Å². The lowest BCUT2D eigenvalue weighted by molar-refractivity contribution is -0.161. The van der Waals surface area contributed by atoms with E-state index in [0.29, 0.717) is 25.7 Å². The average Bonchev–Trinajstić information content (AvgIpc) is 0.898. The van der Waals surface area contributed by atoms with Crippen LogP contribution in [0.5, 0.6) is 0 Å². The van der Waals surface area contributed by atoms with Gasteiger partial charge in [0.1, 0.15) is 19.3 Å². The van der Waals surface area contributed by atoms with Gasteiger partial charge in [-0.15, -0.1) is 0 Å². The lowest BCUT2D eigenvalue weighted by Crippen LogP contribution is -2.30. The van der Waals surface area contributed by atoms with E-state index in [1.54, 1.807) is 0 Å². The molecule has 0 spiro atoms. The van der Waals surface area contributed by atoms with Crippen LogP contribution in [0.2, 0.25) is 0 Å². The van der Waals surface area contributed by atoms with Crippen molar-refractivity contribution in [3.63, 3.8) is 0 Å². The third-order valence-electron chi connectivity index (χ3n) is 21.8. The molecule has 0 aromatic heterocycles. The molecular weight excluding hydrogens is 1440 g/mol. The number of phosphoric acid groups is 2. The number of esters is 4. The van der Waals surface area contributed by atoms with Crippen LogP contribution < -0.4 is 0 Å². The van der Waals surface area contributed by atoms with Crippen LogP contribution in [0.25, 0.3) is 0 Å². The Morgan fingerprint density at radius 2 is 0.414 bits per heavy atom. The first kappa shape index (κ1) is 109. The molecule has 19 heteroatoms. The molecule has 0 amide bonds. The number of aliphatic hydroxyl groups is 1. The number of hydrogen-bond acceptors (Lipinski definition) is 15. The van der Waals surface area contributed by atoms with Crippen LogP contribution in [0.15, 0.2) is 0 Å². The summed E-state index contributed by atoms with van der Waals surface area (Å²) < 4.78 is 69.1. The molecule has 0 saturated carbocycles. The van der Waals surface area contributed by atoms with Crippen LogP contribution in [-0.4, -0.2) is 96.7 Å². The molecule has 0 radical (unpaired) electrons. The van der Waals surface area contributed by atoms with Crippen molar-refractivity contribution < 1.29 is 80.2 Å². The first-order valence-corrected chi connectivity index (χ1v) is 50.6. The number of hydrogen-bond donors (Lipinski definition) is 3. The van der Waals surface area contributed by atoms with Gasteiger partial charge in [0, 0.05) is 25.7 Å². The molecule has 5 atom stereocenters. The second kappa shape index (κ2) is 84.5. The summed E-state index contributed by atoms with van der Waals surface area (Å²) in [5, 5.41) is 10.7. The highest BCUT2D eigenvalue weighted by atomic mass is 31.2. The lowest BCUT2D eigenvalue weighted by atomic mass is 10.0. The fourth-order valence-corrected chi connectivity index (χ4v) is 16.1. The van der Waals surface area contributed by atoms with Crippen molar-refractivity contribution in [1.29, 1.82) is 0 Å². The van der Waals surface area contributed by atoms with Gasteiger partial charge in [0.25, 0.3) is 0 Å². The summed E-state index contributed by atoms with van der Waals surface area (Å²) in [6.07, 6.45) is 80.6. The smallest absolute Gasteiger partial charge is 0.462 e. The first-order valence-electron chi connectivity index (χ1n) is 47.6. The Bertz CT molecular complexity index is 2100. The Labute approximate surface area is 683 Å². The van der Waals surface area contributed by atoms with Crippen molar-refractivity contribution in [2.45, 2.75) is 522 Å². The highest BCUT2D eigenvalue weighted by Gasteiger charge is 2.31. The van der Waals surface area contributed by atoms with E-state index in [2.05, 4.69) is 34.6 Å². The molecule has 17 nitrogen and oxygen atoms in total. The highest BCUT2D eigenvalue weighted by Crippen LogP contribution is 2.45. The second-order valence-corrected chi connectivity index (χ2v) is 36.4. The predicted octanol–water partition coefficient (Wildman–Crippen LogP) is 28.7. The number of carbonyl (C=O) groups excluding carboxylic acids is 4. The Morgan fingerprint density at radius 1 is 0.243 bits per heavy atom. The predicted molar refractivity (Wildman–Crippen MR) is 460 cm³/mol. The second-order valence-electron chi connectivity index (χ2n) is 33.5. The van der Waals surface area contributed by atoms with Gasteiger partial charge in [-0.1, -0.05) is 452 Å². The van der Waals surface area contributed by atoms with Gasteiger partial charge in [0.2, 0.25) is 0 Å². The summed E-state index contributed by atoms with van der Waals surface area (Å²) in [5.41, 5.74) is 0. The van der Waals surface area contributed by atoms with Crippen LogP contribution >= 0.6 is 15.6 Å². The summed E-state index contributed by atoms with van der Waals surface area (Å²) in [5.74, 6) is -1.28. The van der Waals surface area contributed by atoms with Gasteiger partial charge >= 0.3 is 39.5 Å². The number of unbranched alkanes of at least 4 members (excludes halogenated alkanes) is 64. The van der Waals surface area contributed by atoms with E-state index in [1.807, 2.05) is 0 Å². The number of carbonyl (C=O) groups is 4. The van der Waals surface area contributed by atoms with Crippen LogP contribution in [0.4, 0.5) is 0 Å². The van der Waals surface area contributed by atoms with Crippen LogP contribution in [0, 0.1) is 5.92 Å². The molecule has 0 aliphatic heterocycles. The minimum Gasteiger partial charge on any atom is -0.462 e. The van der Waals surface area contributed by atoms with Crippen molar-refractivity contribution >= 4 is 39.5 Å². The van der Waals surface area contributed by atoms with Gasteiger partial charge in [-0.05, 0) is 31.6 Å². The molecule has 0 aromatic carbocycles. The van der Waals surface area contributed by atoms with E-state index in [1.165, 1.54) is 327 Å². The van der Waals surface area contributed by atoms with Crippen LogP contribution in [0.3, 0.4) is 0 Å². The Balaban J connectivity index is 5.25. The number of phosphoric ester groups is 2. The summed E-state index contributed by atoms with van der Waals surface area (Å²) in [4.78, 5) is 73.5. The molecule has 2 unspecified atom stereocenters.